The van der Waals surface area contributed by atoms with E-state index in [1.165, 1.54) is 0 Å². The van der Waals surface area contributed by atoms with Crippen LogP contribution in [0.3, 0.4) is 0 Å². The summed E-state index contributed by atoms with van der Waals surface area (Å²) in [5.41, 5.74) is 0. The fourth-order valence-corrected chi connectivity index (χ4v) is 0. The van der Waals surface area contributed by atoms with Crippen LogP contribution in [0.1, 0.15) is 0 Å². The van der Waals surface area contributed by atoms with Gasteiger partial charge in [-0.05, 0) is 0 Å². The molecular formula is C2H4OTa. The second kappa shape index (κ2) is 118. The molecule has 0 aliphatic rings. The quantitative estimate of drug-likeness (QED) is 0.424. The zero-order chi connectivity index (χ0) is 2.00. The number of rotatable bonds is 0. The molecule has 0 unspecified atom stereocenters. The predicted octanol–water partition coefficient (Wildman–Crippen LogP) is 0.174. The standard InChI is InChI=1S/CHO.CH3.Ta/c1-2;;/h1H;1H3;/q2*-1;+2. The smallest absolute Gasteiger partial charge is 0.545 e. The normalized spacial score (nSPS) is 1.00. The van der Waals surface area contributed by atoms with Crippen molar-refractivity contribution in [3.05, 3.63) is 7.43 Å². The van der Waals surface area contributed by atoms with Gasteiger partial charge >= 0.3 is 22.4 Å². The van der Waals surface area contributed by atoms with Crippen LogP contribution in [0.15, 0.2) is 0 Å². The van der Waals surface area contributed by atoms with E-state index in [2.05, 4.69) is 6.79 Å². The maximum Gasteiger partial charge on any atom is 2.00 e. The van der Waals surface area contributed by atoms with Crippen molar-refractivity contribution in [2.75, 3.05) is 0 Å². The molecule has 1 radical (unpaired) electrons. The first-order chi connectivity index (χ1) is 1.00. The van der Waals surface area contributed by atoms with Gasteiger partial charge in [-0.15, -0.1) is 0 Å². The number of carbonyl (C=O) groups excluding carboxylic acids is 1. The monoisotopic (exact) mass is 225 g/mol. The van der Waals surface area contributed by atoms with Crippen LogP contribution >= 0.6 is 0 Å². The first kappa shape index (κ1) is 25.8. The van der Waals surface area contributed by atoms with Crippen molar-refractivity contribution >= 4 is 6.79 Å². The van der Waals surface area contributed by atoms with E-state index in [0.717, 1.165) is 0 Å². The molecule has 23 valence electrons. The summed E-state index contributed by atoms with van der Waals surface area (Å²) in [5.74, 6) is 0. The Bertz CT molecular complexity index is 6.00. The molecule has 0 saturated heterocycles. The Morgan fingerprint density at radius 1 is 1.25 bits per heavy atom. The van der Waals surface area contributed by atoms with Gasteiger partial charge in [0.2, 0.25) is 0 Å². The van der Waals surface area contributed by atoms with Crippen LogP contribution in [0.2, 0.25) is 0 Å². The van der Waals surface area contributed by atoms with Gasteiger partial charge in [0.15, 0.2) is 0 Å². The predicted molar refractivity (Wildman–Crippen MR) is 13.2 cm³/mol. The molecule has 1 nitrogen and oxygen atoms in total. The van der Waals surface area contributed by atoms with E-state index in [9.17, 15) is 0 Å². The minimum Gasteiger partial charge on any atom is -0.545 e. The third-order valence-electron chi connectivity index (χ3n) is 0. The molecule has 0 aromatic rings. The van der Waals surface area contributed by atoms with Crippen molar-refractivity contribution < 1.29 is 27.2 Å². The summed E-state index contributed by atoms with van der Waals surface area (Å²) < 4.78 is 0. The van der Waals surface area contributed by atoms with E-state index < -0.39 is 0 Å². The van der Waals surface area contributed by atoms with Crippen LogP contribution in [0, 0.1) is 7.43 Å². The van der Waals surface area contributed by atoms with E-state index >= 15 is 0 Å². The average molecular weight is 225 g/mol. The van der Waals surface area contributed by atoms with Gasteiger partial charge in [-0.1, -0.05) is 0 Å². The van der Waals surface area contributed by atoms with Crippen molar-refractivity contribution in [2.24, 2.45) is 0 Å². The van der Waals surface area contributed by atoms with Crippen molar-refractivity contribution in [1.29, 1.82) is 0 Å². The summed E-state index contributed by atoms with van der Waals surface area (Å²) >= 11 is 0. The van der Waals surface area contributed by atoms with Crippen LogP contribution < -0.4 is 0 Å². The fourth-order valence-electron chi connectivity index (χ4n) is 0. The molecule has 0 aliphatic carbocycles. The average Bonchev–Trinajstić information content (AvgIpc) is 1.00. The van der Waals surface area contributed by atoms with Crippen LogP contribution in [0.5, 0.6) is 0 Å². The molecule has 4 heavy (non-hydrogen) atoms. The Hall–Kier alpha value is 0.410. The summed E-state index contributed by atoms with van der Waals surface area (Å²) in [6, 6.07) is 0. The van der Waals surface area contributed by atoms with Gasteiger partial charge in [0.25, 0.3) is 0 Å². The third kappa shape index (κ3) is 28.5. The molecule has 0 aromatic carbocycles. The van der Waals surface area contributed by atoms with Gasteiger partial charge in [-0.2, -0.15) is 0 Å². The molecule has 0 spiro atoms. The third-order valence-corrected chi connectivity index (χ3v) is 0. The first-order valence-electron chi connectivity index (χ1n) is 0.236. The van der Waals surface area contributed by atoms with E-state index in [-0.39, 0.29) is 29.8 Å². The molecular weight excluding hydrogens is 221 g/mol. The number of hydrogen-bond acceptors (Lipinski definition) is 1. The SMILES string of the molecule is [CH-]=O.[CH3-].[Ta+2]. The Morgan fingerprint density at radius 2 is 1.25 bits per heavy atom. The largest absolute Gasteiger partial charge is 2.00 e. The minimum atomic E-state index is 0. The van der Waals surface area contributed by atoms with Crippen LogP contribution in [0.4, 0.5) is 0 Å². The molecule has 0 N–H and O–H groups in total. The second-order valence-corrected chi connectivity index (χ2v) is 0. The van der Waals surface area contributed by atoms with Crippen LogP contribution in [-0.2, 0) is 27.2 Å². The van der Waals surface area contributed by atoms with Gasteiger partial charge in [0, 0.05) is 0 Å². The zero-order valence-electron chi connectivity index (χ0n) is 2.43. The summed E-state index contributed by atoms with van der Waals surface area (Å²) in [5, 5.41) is 0. The van der Waals surface area contributed by atoms with E-state index in [1.807, 2.05) is 0 Å². The molecule has 0 atom stereocenters. The van der Waals surface area contributed by atoms with Crippen molar-refractivity contribution in [1.82, 2.24) is 0 Å². The summed E-state index contributed by atoms with van der Waals surface area (Å²) in [6.07, 6.45) is 0. The van der Waals surface area contributed by atoms with E-state index in [0.29, 0.717) is 0 Å². The Balaban J connectivity index is -0.00000000500. The molecule has 0 rings (SSSR count). The summed E-state index contributed by atoms with van der Waals surface area (Å²) in [6.45, 7) is 3.25. The molecule has 2 heteroatoms. The fraction of sp³-hybridized carbons (Fsp3) is 0. The molecule has 0 saturated carbocycles. The van der Waals surface area contributed by atoms with E-state index in [1.54, 1.807) is 0 Å². The first-order valence-corrected chi connectivity index (χ1v) is 0.236. The van der Waals surface area contributed by atoms with E-state index in [4.69, 9.17) is 4.79 Å². The van der Waals surface area contributed by atoms with Gasteiger partial charge < -0.3 is 12.2 Å². The Kier molecular flexibility index (Phi) is 759. The molecule has 0 aromatic heterocycles. The van der Waals surface area contributed by atoms with Gasteiger partial charge in [-0.3, -0.25) is 6.79 Å². The van der Waals surface area contributed by atoms with Crippen molar-refractivity contribution in [3.8, 4) is 0 Å². The number of hydrogen-bond donors (Lipinski definition) is 0. The van der Waals surface area contributed by atoms with Crippen molar-refractivity contribution in [3.63, 3.8) is 0 Å². The van der Waals surface area contributed by atoms with Crippen LogP contribution in [0.25, 0.3) is 0 Å². The van der Waals surface area contributed by atoms with Gasteiger partial charge in [0.1, 0.15) is 0 Å². The topological polar surface area (TPSA) is 17.1 Å². The second-order valence-electron chi connectivity index (χ2n) is 0. The molecule has 0 fully saturated rings. The Morgan fingerprint density at radius 3 is 1.25 bits per heavy atom. The zero-order valence-corrected chi connectivity index (χ0v) is 5.65. The summed E-state index contributed by atoms with van der Waals surface area (Å²) in [7, 11) is 0. The van der Waals surface area contributed by atoms with Gasteiger partial charge in [-0.25, -0.2) is 0 Å². The maximum atomic E-state index is 7.75. The molecule has 0 amide bonds. The molecule has 0 aliphatic heterocycles. The van der Waals surface area contributed by atoms with Crippen molar-refractivity contribution in [2.45, 2.75) is 0 Å². The summed E-state index contributed by atoms with van der Waals surface area (Å²) in [4.78, 5) is 7.75. The van der Waals surface area contributed by atoms with Gasteiger partial charge in [0.05, 0.1) is 0 Å². The minimum absolute atomic E-state index is 0. The van der Waals surface area contributed by atoms with Crippen LogP contribution in [-0.4, -0.2) is 6.79 Å². The maximum absolute atomic E-state index is 7.75. The molecule has 0 heterocycles. The Labute approximate surface area is 41.9 Å². The molecule has 0 bridgehead atoms.